The smallest absolute Gasteiger partial charge is 0.269 e. The van der Waals surface area contributed by atoms with Crippen LogP contribution in [0.2, 0.25) is 5.02 Å². The maximum Gasteiger partial charge on any atom is 0.269 e. The fourth-order valence-electron chi connectivity index (χ4n) is 5.34. The number of rotatable bonds is 7. The van der Waals surface area contributed by atoms with Crippen LogP contribution in [0.3, 0.4) is 0 Å². The number of nitro groups is 1. The highest BCUT2D eigenvalue weighted by Gasteiger charge is 2.40. The maximum absolute atomic E-state index is 13.1. The van der Waals surface area contributed by atoms with Gasteiger partial charge < -0.3 is 14.8 Å². The van der Waals surface area contributed by atoms with Gasteiger partial charge in [0.25, 0.3) is 5.69 Å². The summed E-state index contributed by atoms with van der Waals surface area (Å²) >= 11 is 6.73. The Hall–Kier alpha value is -3.65. The van der Waals surface area contributed by atoms with Crippen LogP contribution in [0, 0.1) is 10.1 Å². The van der Waals surface area contributed by atoms with Crippen molar-refractivity contribution in [1.29, 1.82) is 0 Å². The van der Waals surface area contributed by atoms with Crippen molar-refractivity contribution in [2.24, 2.45) is 0 Å². The van der Waals surface area contributed by atoms with Crippen LogP contribution in [-0.2, 0) is 16.2 Å². The molecular formula is C28H27ClN2O6. The van der Waals surface area contributed by atoms with Crippen LogP contribution in [0.5, 0.6) is 11.5 Å². The zero-order valence-electron chi connectivity index (χ0n) is 20.5. The van der Waals surface area contributed by atoms with E-state index in [9.17, 15) is 19.7 Å². The standard InChI is InChI=1S/C28H27ClN2O6/c1-2-36-24-14-17(13-19(29)28(24)37-15-16-9-11-18(12-10-16)31(34)35)25-26-20(5-3-7-22(26)32)30-21-6-4-8-23(33)27(21)25/h9-14,25,30H,2-8,15H2,1H3. The fraction of sp³-hybridized carbons (Fsp3) is 0.357. The Balaban J connectivity index is 1.52. The molecule has 0 spiro atoms. The van der Waals surface area contributed by atoms with Crippen LogP contribution in [-0.4, -0.2) is 23.1 Å². The predicted octanol–water partition coefficient (Wildman–Crippen LogP) is 5.93. The number of halogens is 1. The van der Waals surface area contributed by atoms with Gasteiger partial charge >= 0.3 is 0 Å². The lowest BCUT2D eigenvalue weighted by Gasteiger charge is -2.37. The SMILES string of the molecule is CCOc1cc(C2C3=C(CCCC3=O)NC3=C2C(=O)CCC3)cc(Cl)c1OCc1ccc([N+](=O)[O-])cc1. The molecule has 0 saturated heterocycles. The van der Waals surface area contributed by atoms with Crippen molar-refractivity contribution in [3.63, 3.8) is 0 Å². The molecule has 0 bridgehead atoms. The molecule has 0 amide bonds. The molecule has 0 aromatic heterocycles. The normalized spacial score (nSPS) is 17.8. The molecule has 2 aromatic carbocycles. The van der Waals surface area contributed by atoms with Crippen LogP contribution in [0.1, 0.15) is 62.5 Å². The van der Waals surface area contributed by atoms with Crippen LogP contribution < -0.4 is 14.8 Å². The van der Waals surface area contributed by atoms with Crippen molar-refractivity contribution in [2.45, 2.75) is 58.0 Å². The number of Topliss-reactive ketones (excluding diaryl/α,β-unsaturated/α-hetero) is 2. The first-order chi connectivity index (χ1) is 17.9. The van der Waals surface area contributed by atoms with E-state index >= 15 is 0 Å². The minimum Gasteiger partial charge on any atom is -0.490 e. The number of hydrogen-bond acceptors (Lipinski definition) is 7. The fourth-order valence-corrected chi connectivity index (χ4v) is 5.62. The van der Waals surface area contributed by atoms with Crippen molar-refractivity contribution >= 4 is 28.9 Å². The van der Waals surface area contributed by atoms with Crippen LogP contribution >= 0.6 is 11.6 Å². The molecule has 1 aliphatic heterocycles. The van der Waals surface area contributed by atoms with Crippen LogP contribution in [0.15, 0.2) is 58.9 Å². The lowest BCUT2D eigenvalue weighted by Crippen LogP contribution is -2.36. The number of benzene rings is 2. The van der Waals surface area contributed by atoms with Gasteiger partial charge in [-0.25, -0.2) is 0 Å². The molecule has 2 aromatic rings. The van der Waals surface area contributed by atoms with E-state index in [0.717, 1.165) is 48.2 Å². The number of hydrogen-bond donors (Lipinski definition) is 1. The Kier molecular flexibility index (Phi) is 7.02. The van der Waals surface area contributed by atoms with Gasteiger partial charge in [-0.3, -0.25) is 19.7 Å². The summed E-state index contributed by atoms with van der Waals surface area (Å²) in [4.78, 5) is 36.7. The maximum atomic E-state index is 13.1. The van der Waals surface area contributed by atoms with E-state index in [4.69, 9.17) is 21.1 Å². The third kappa shape index (κ3) is 4.85. The molecule has 1 N–H and O–H groups in total. The van der Waals surface area contributed by atoms with E-state index in [2.05, 4.69) is 5.32 Å². The molecule has 5 rings (SSSR count). The second kappa shape index (κ2) is 10.4. The van der Waals surface area contributed by atoms with Crippen molar-refractivity contribution in [1.82, 2.24) is 5.32 Å². The van der Waals surface area contributed by atoms with Crippen molar-refractivity contribution < 1.29 is 24.0 Å². The molecule has 3 aliphatic rings. The summed E-state index contributed by atoms with van der Waals surface area (Å²) in [6.07, 6.45) is 4.02. The number of nitrogens with one attached hydrogen (secondary N) is 1. The van der Waals surface area contributed by atoms with E-state index in [1.807, 2.05) is 13.0 Å². The number of carbonyl (C=O) groups is 2. The average molecular weight is 523 g/mol. The van der Waals surface area contributed by atoms with Gasteiger partial charge in [0, 0.05) is 53.4 Å². The highest BCUT2D eigenvalue weighted by molar-refractivity contribution is 6.32. The lowest BCUT2D eigenvalue weighted by atomic mass is 9.71. The van der Waals surface area contributed by atoms with E-state index in [1.165, 1.54) is 12.1 Å². The predicted molar refractivity (Wildman–Crippen MR) is 138 cm³/mol. The van der Waals surface area contributed by atoms with Gasteiger partial charge in [0.05, 0.1) is 16.6 Å². The molecular weight excluding hydrogens is 496 g/mol. The highest BCUT2D eigenvalue weighted by atomic mass is 35.5. The van der Waals surface area contributed by atoms with Crippen molar-refractivity contribution in [2.75, 3.05) is 6.61 Å². The summed E-state index contributed by atoms with van der Waals surface area (Å²) in [5.74, 6) is 0.369. The molecule has 0 unspecified atom stereocenters. The minimum absolute atomic E-state index is 0.0000183. The number of ether oxygens (including phenoxy) is 2. The van der Waals surface area contributed by atoms with Crippen molar-refractivity contribution in [3.8, 4) is 11.5 Å². The summed E-state index contributed by atoms with van der Waals surface area (Å²) in [7, 11) is 0. The van der Waals surface area contributed by atoms with Crippen LogP contribution in [0.4, 0.5) is 5.69 Å². The number of nitro benzene ring substituents is 1. The van der Waals surface area contributed by atoms with Gasteiger partial charge in [0.15, 0.2) is 23.1 Å². The zero-order valence-corrected chi connectivity index (χ0v) is 21.2. The zero-order chi connectivity index (χ0) is 26.1. The Morgan fingerprint density at radius 3 is 2.16 bits per heavy atom. The number of allylic oxidation sites excluding steroid dienone is 4. The largest absolute Gasteiger partial charge is 0.490 e. The third-order valence-electron chi connectivity index (χ3n) is 6.99. The lowest BCUT2D eigenvalue weighted by molar-refractivity contribution is -0.384. The van der Waals surface area contributed by atoms with Gasteiger partial charge in [-0.05, 0) is 68.0 Å². The van der Waals surface area contributed by atoms with E-state index in [1.54, 1.807) is 18.2 Å². The van der Waals surface area contributed by atoms with Gasteiger partial charge in [0.2, 0.25) is 0 Å². The summed E-state index contributed by atoms with van der Waals surface area (Å²) < 4.78 is 11.9. The second-order valence-electron chi connectivity index (χ2n) is 9.37. The topological polar surface area (TPSA) is 108 Å². The molecule has 1 heterocycles. The van der Waals surface area contributed by atoms with Crippen LogP contribution in [0.25, 0.3) is 0 Å². The Labute approximate surface area is 219 Å². The molecule has 192 valence electrons. The first kappa shape index (κ1) is 25.0. The first-order valence-electron chi connectivity index (χ1n) is 12.5. The Morgan fingerprint density at radius 2 is 1.59 bits per heavy atom. The van der Waals surface area contributed by atoms with Gasteiger partial charge in [-0.2, -0.15) is 0 Å². The van der Waals surface area contributed by atoms with Gasteiger partial charge in [-0.1, -0.05) is 11.6 Å². The molecule has 8 nitrogen and oxygen atoms in total. The Bertz CT molecular complexity index is 1300. The second-order valence-corrected chi connectivity index (χ2v) is 9.78. The number of ketones is 2. The summed E-state index contributed by atoms with van der Waals surface area (Å²) in [5.41, 5.74) is 4.57. The molecule has 2 aliphatic carbocycles. The van der Waals surface area contributed by atoms with Gasteiger partial charge in [-0.15, -0.1) is 0 Å². The molecule has 0 fully saturated rings. The summed E-state index contributed by atoms with van der Waals surface area (Å²) in [6.45, 7) is 2.34. The Morgan fingerprint density at radius 1 is 0.973 bits per heavy atom. The van der Waals surface area contributed by atoms with E-state index in [-0.39, 0.29) is 23.9 Å². The third-order valence-corrected chi connectivity index (χ3v) is 7.27. The number of non-ortho nitro benzene ring substituents is 1. The summed E-state index contributed by atoms with van der Waals surface area (Å²) in [5, 5.41) is 14.6. The van der Waals surface area contributed by atoms with E-state index in [0.29, 0.717) is 47.1 Å². The highest BCUT2D eigenvalue weighted by Crippen LogP contribution is 2.48. The minimum atomic E-state index is -0.493. The molecule has 9 heteroatoms. The van der Waals surface area contributed by atoms with Crippen molar-refractivity contribution in [3.05, 3.63) is 85.2 Å². The quantitative estimate of drug-likeness (QED) is 0.355. The van der Waals surface area contributed by atoms with Gasteiger partial charge in [0.1, 0.15) is 6.61 Å². The molecule has 0 atom stereocenters. The average Bonchev–Trinajstić information content (AvgIpc) is 2.87. The summed E-state index contributed by atoms with van der Waals surface area (Å²) in [6, 6.07) is 9.66. The number of dihydropyridines is 1. The monoisotopic (exact) mass is 522 g/mol. The number of carbonyl (C=O) groups excluding carboxylic acids is 2. The number of nitrogens with zero attached hydrogens (tertiary/aromatic N) is 1. The first-order valence-corrected chi connectivity index (χ1v) is 12.9. The molecule has 0 radical (unpaired) electrons. The molecule has 37 heavy (non-hydrogen) atoms. The molecule has 0 saturated carbocycles. The van der Waals surface area contributed by atoms with E-state index < -0.39 is 10.8 Å².